The Morgan fingerprint density at radius 2 is 1.76 bits per heavy atom. The molecule has 1 fully saturated rings. The van der Waals surface area contributed by atoms with E-state index in [1.54, 1.807) is 0 Å². The van der Waals surface area contributed by atoms with Crippen LogP contribution in [0.1, 0.15) is 45.8 Å². The van der Waals surface area contributed by atoms with Gasteiger partial charge in [-0.3, -0.25) is 0 Å². The topological polar surface area (TPSA) is 61.4 Å². The molecule has 2 aliphatic rings. The smallest absolute Gasteiger partial charge is 0.321 e. The first kappa shape index (κ1) is 23.9. The second kappa shape index (κ2) is 10.1. The molecule has 1 saturated heterocycles. The van der Waals surface area contributed by atoms with Crippen molar-refractivity contribution >= 4 is 39.1 Å². The Hall–Kier alpha value is -3.45. The Morgan fingerprint density at radius 1 is 0.973 bits per heavy atom. The summed E-state index contributed by atoms with van der Waals surface area (Å²) in [4.78, 5) is 30.1. The second-order valence-electron chi connectivity index (χ2n) is 10.2. The largest absolute Gasteiger partial charge is 0.352 e. The Kier molecular flexibility index (Phi) is 6.55. The standard InChI is InChI=1S/C30H33N5OS/c1-20-12-13-24(21(2)18-20)31-30(36)35-16-14-34(15-17-35)28-27-23-10-6-7-11-25(23)37-29(27)33-26(32-28)19-22-8-4-3-5-9-22/h3-5,8-9,12-13,18H,6-7,10-11,14-17,19H2,1-2H3,(H,31,36). The molecule has 0 radical (unpaired) electrons. The fourth-order valence-electron chi connectivity index (χ4n) is 5.54. The molecule has 0 unspecified atom stereocenters. The lowest BCUT2D eigenvalue weighted by Gasteiger charge is -2.36. The van der Waals surface area contributed by atoms with Gasteiger partial charge in [0.1, 0.15) is 16.5 Å². The molecule has 2 amide bonds. The first-order valence-electron chi connectivity index (χ1n) is 13.3. The maximum Gasteiger partial charge on any atom is 0.321 e. The molecule has 190 valence electrons. The molecule has 6 rings (SSSR count). The van der Waals surface area contributed by atoms with Crippen molar-refractivity contribution in [2.75, 3.05) is 36.4 Å². The van der Waals surface area contributed by atoms with E-state index in [1.807, 2.05) is 41.4 Å². The molecule has 3 heterocycles. The highest BCUT2D eigenvalue weighted by molar-refractivity contribution is 7.19. The van der Waals surface area contributed by atoms with Crippen LogP contribution in [-0.2, 0) is 19.3 Å². The molecule has 0 saturated carbocycles. The van der Waals surface area contributed by atoms with Gasteiger partial charge in [0, 0.05) is 43.2 Å². The molecule has 37 heavy (non-hydrogen) atoms. The minimum atomic E-state index is -0.0304. The van der Waals surface area contributed by atoms with E-state index in [0.29, 0.717) is 13.1 Å². The third-order valence-electron chi connectivity index (χ3n) is 7.54. The molecule has 7 heteroatoms. The average Bonchev–Trinajstić information content (AvgIpc) is 3.29. The van der Waals surface area contributed by atoms with E-state index in [0.717, 1.165) is 60.1 Å². The molecule has 2 aromatic heterocycles. The first-order valence-corrected chi connectivity index (χ1v) is 14.1. The van der Waals surface area contributed by atoms with E-state index < -0.39 is 0 Å². The number of carbonyl (C=O) groups excluding carboxylic acids is 1. The van der Waals surface area contributed by atoms with Crippen molar-refractivity contribution in [1.29, 1.82) is 0 Å². The number of nitrogens with one attached hydrogen (secondary N) is 1. The minimum Gasteiger partial charge on any atom is -0.352 e. The van der Waals surface area contributed by atoms with Crippen LogP contribution in [0.25, 0.3) is 10.2 Å². The SMILES string of the molecule is Cc1ccc(NC(=O)N2CCN(c3nc(Cc4ccccc4)nc4sc5c(c34)CCCC5)CC2)c(C)c1. The summed E-state index contributed by atoms with van der Waals surface area (Å²) in [6.07, 6.45) is 5.48. The van der Waals surface area contributed by atoms with Crippen LogP contribution in [0.3, 0.4) is 0 Å². The number of aryl methyl sites for hydroxylation is 4. The number of anilines is 2. The van der Waals surface area contributed by atoms with Crippen LogP contribution in [0, 0.1) is 13.8 Å². The molecule has 0 bridgehead atoms. The average molecular weight is 512 g/mol. The van der Waals surface area contributed by atoms with Gasteiger partial charge < -0.3 is 15.1 Å². The predicted molar refractivity (Wildman–Crippen MR) is 152 cm³/mol. The highest BCUT2D eigenvalue weighted by Crippen LogP contribution is 2.40. The third kappa shape index (κ3) is 4.92. The summed E-state index contributed by atoms with van der Waals surface area (Å²) in [5.41, 5.74) is 5.85. The van der Waals surface area contributed by atoms with Gasteiger partial charge in [0.25, 0.3) is 0 Å². The number of rotatable bonds is 4. The van der Waals surface area contributed by atoms with Gasteiger partial charge in [0.2, 0.25) is 0 Å². The summed E-state index contributed by atoms with van der Waals surface area (Å²) in [6, 6.07) is 16.6. The molecule has 1 aliphatic carbocycles. The maximum absolute atomic E-state index is 13.0. The van der Waals surface area contributed by atoms with Crippen LogP contribution in [0.5, 0.6) is 0 Å². The molecule has 1 N–H and O–H groups in total. The number of urea groups is 1. The highest BCUT2D eigenvalue weighted by atomic mass is 32.1. The monoisotopic (exact) mass is 511 g/mol. The molecule has 4 aromatic rings. The Labute approximate surface area is 222 Å². The third-order valence-corrected chi connectivity index (χ3v) is 8.72. The summed E-state index contributed by atoms with van der Waals surface area (Å²) >= 11 is 1.86. The van der Waals surface area contributed by atoms with Crippen LogP contribution < -0.4 is 10.2 Å². The van der Waals surface area contributed by atoms with Crippen molar-refractivity contribution in [2.24, 2.45) is 0 Å². The molecule has 0 atom stereocenters. The number of aromatic nitrogens is 2. The number of hydrogen-bond donors (Lipinski definition) is 1. The van der Waals surface area contributed by atoms with Gasteiger partial charge >= 0.3 is 6.03 Å². The van der Waals surface area contributed by atoms with Gasteiger partial charge in [-0.1, -0.05) is 48.0 Å². The van der Waals surface area contributed by atoms with Crippen LogP contribution in [0.15, 0.2) is 48.5 Å². The fourth-order valence-corrected chi connectivity index (χ4v) is 6.81. The van der Waals surface area contributed by atoms with Crippen molar-refractivity contribution in [1.82, 2.24) is 14.9 Å². The summed E-state index contributed by atoms with van der Waals surface area (Å²) in [5, 5.41) is 4.36. The minimum absolute atomic E-state index is 0.0304. The van der Waals surface area contributed by atoms with E-state index in [4.69, 9.17) is 9.97 Å². The predicted octanol–water partition coefficient (Wildman–Crippen LogP) is 6.13. The zero-order valence-corrected chi connectivity index (χ0v) is 22.4. The van der Waals surface area contributed by atoms with E-state index in [1.165, 1.54) is 39.8 Å². The number of amides is 2. The van der Waals surface area contributed by atoms with E-state index >= 15 is 0 Å². The van der Waals surface area contributed by atoms with Crippen molar-refractivity contribution < 1.29 is 4.79 Å². The summed E-state index contributed by atoms with van der Waals surface area (Å²) < 4.78 is 0. The molecule has 0 spiro atoms. The molecule has 2 aromatic carbocycles. The van der Waals surface area contributed by atoms with Gasteiger partial charge in [-0.15, -0.1) is 11.3 Å². The number of hydrogen-bond acceptors (Lipinski definition) is 5. The lowest BCUT2D eigenvalue weighted by molar-refractivity contribution is 0.208. The second-order valence-corrected chi connectivity index (χ2v) is 11.3. The molecular formula is C30H33N5OS. The van der Waals surface area contributed by atoms with Gasteiger partial charge in [-0.2, -0.15) is 0 Å². The number of carbonyl (C=O) groups is 1. The van der Waals surface area contributed by atoms with Crippen LogP contribution in [0.2, 0.25) is 0 Å². The van der Waals surface area contributed by atoms with Gasteiger partial charge in [0.05, 0.1) is 5.39 Å². The first-order chi connectivity index (χ1) is 18.0. The number of fused-ring (bicyclic) bond motifs is 3. The summed E-state index contributed by atoms with van der Waals surface area (Å²) in [5.74, 6) is 1.94. The van der Waals surface area contributed by atoms with E-state index in [9.17, 15) is 4.79 Å². The lowest BCUT2D eigenvalue weighted by Crippen LogP contribution is -2.50. The molecular weight excluding hydrogens is 478 g/mol. The maximum atomic E-state index is 13.0. The van der Waals surface area contributed by atoms with Crippen molar-refractivity contribution in [3.63, 3.8) is 0 Å². The van der Waals surface area contributed by atoms with Crippen molar-refractivity contribution in [2.45, 2.75) is 46.0 Å². The van der Waals surface area contributed by atoms with E-state index in [-0.39, 0.29) is 6.03 Å². The van der Waals surface area contributed by atoms with Gasteiger partial charge in [-0.05, 0) is 62.3 Å². The normalized spacial score (nSPS) is 15.6. The molecule has 1 aliphatic heterocycles. The van der Waals surface area contributed by atoms with Gasteiger partial charge in [-0.25, -0.2) is 14.8 Å². The molecule has 6 nitrogen and oxygen atoms in total. The number of nitrogens with zero attached hydrogens (tertiary/aromatic N) is 4. The number of benzene rings is 2. The van der Waals surface area contributed by atoms with Crippen molar-refractivity contribution in [3.8, 4) is 0 Å². The quantitative estimate of drug-likeness (QED) is 0.358. The Balaban J connectivity index is 1.25. The van der Waals surface area contributed by atoms with Crippen LogP contribution in [0.4, 0.5) is 16.3 Å². The zero-order chi connectivity index (χ0) is 25.4. The fraction of sp³-hybridized carbons (Fsp3) is 0.367. The number of piperazine rings is 1. The lowest BCUT2D eigenvalue weighted by atomic mass is 9.96. The number of thiophene rings is 1. The highest BCUT2D eigenvalue weighted by Gasteiger charge is 2.27. The summed E-state index contributed by atoms with van der Waals surface area (Å²) in [6.45, 7) is 6.97. The van der Waals surface area contributed by atoms with E-state index in [2.05, 4.69) is 47.5 Å². The Morgan fingerprint density at radius 3 is 2.54 bits per heavy atom. The van der Waals surface area contributed by atoms with Crippen molar-refractivity contribution in [3.05, 3.63) is 81.5 Å². The van der Waals surface area contributed by atoms with Gasteiger partial charge in [0.15, 0.2) is 0 Å². The summed E-state index contributed by atoms with van der Waals surface area (Å²) in [7, 11) is 0. The van der Waals surface area contributed by atoms with Crippen LogP contribution in [-0.4, -0.2) is 47.1 Å². The van der Waals surface area contributed by atoms with Crippen LogP contribution >= 0.6 is 11.3 Å². The zero-order valence-electron chi connectivity index (χ0n) is 21.6. The Bertz CT molecular complexity index is 1440.